The zero-order chi connectivity index (χ0) is 16.4. The molecule has 2 heterocycles. The van der Waals surface area contributed by atoms with Gasteiger partial charge in [0.05, 0.1) is 5.52 Å². The smallest absolute Gasteiger partial charge is 0.223 e. The number of aromatic nitrogens is 3. The summed E-state index contributed by atoms with van der Waals surface area (Å²) in [6.07, 6.45) is 0. The van der Waals surface area contributed by atoms with Crippen molar-refractivity contribution in [3.8, 4) is 0 Å². The fourth-order valence-electron chi connectivity index (χ4n) is 2.59. The second-order valence-corrected chi connectivity index (χ2v) is 5.88. The molecule has 0 saturated carbocycles. The summed E-state index contributed by atoms with van der Waals surface area (Å²) >= 11 is 0. The van der Waals surface area contributed by atoms with Crippen LogP contribution in [0.4, 0.5) is 11.8 Å². The SMILES string of the molecule is Cc1cc(C)nc(NCc2cc(N(C)C)nc3ccccc23)n1. The average molecular weight is 307 g/mol. The average Bonchev–Trinajstić information content (AvgIpc) is 2.51. The van der Waals surface area contributed by atoms with Crippen LogP contribution in [0.15, 0.2) is 36.4 Å². The summed E-state index contributed by atoms with van der Waals surface area (Å²) in [5.74, 6) is 1.61. The predicted molar refractivity (Wildman–Crippen MR) is 94.9 cm³/mol. The first-order valence-electron chi connectivity index (χ1n) is 7.65. The van der Waals surface area contributed by atoms with Crippen molar-refractivity contribution in [2.75, 3.05) is 24.3 Å². The van der Waals surface area contributed by atoms with E-state index in [1.165, 1.54) is 5.56 Å². The minimum atomic E-state index is 0.659. The summed E-state index contributed by atoms with van der Waals surface area (Å²) < 4.78 is 0. The van der Waals surface area contributed by atoms with E-state index in [0.29, 0.717) is 12.5 Å². The molecule has 0 aliphatic heterocycles. The number of hydrogen-bond donors (Lipinski definition) is 1. The number of rotatable bonds is 4. The highest BCUT2D eigenvalue weighted by molar-refractivity contribution is 5.84. The van der Waals surface area contributed by atoms with Crippen LogP contribution in [0.2, 0.25) is 0 Å². The largest absolute Gasteiger partial charge is 0.363 e. The first-order valence-corrected chi connectivity index (χ1v) is 7.65. The molecule has 0 atom stereocenters. The summed E-state index contributed by atoms with van der Waals surface area (Å²) in [5, 5.41) is 4.48. The molecule has 1 N–H and O–H groups in total. The first kappa shape index (κ1) is 15.2. The van der Waals surface area contributed by atoms with Crippen LogP contribution in [-0.2, 0) is 6.54 Å². The Bertz CT molecular complexity index is 822. The summed E-state index contributed by atoms with van der Waals surface area (Å²) in [6, 6.07) is 12.3. The Morgan fingerprint density at radius 2 is 1.65 bits per heavy atom. The fourth-order valence-corrected chi connectivity index (χ4v) is 2.59. The lowest BCUT2D eigenvalue weighted by Gasteiger charge is -2.15. The molecule has 0 spiro atoms. The van der Waals surface area contributed by atoms with Gasteiger partial charge in [0.2, 0.25) is 5.95 Å². The standard InChI is InChI=1S/C18H21N5/c1-12-9-13(2)21-18(20-12)19-11-14-10-17(23(3)4)22-16-8-6-5-7-15(14)16/h5-10H,11H2,1-4H3,(H,19,20,21). The monoisotopic (exact) mass is 307 g/mol. The lowest BCUT2D eigenvalue weighted by Crippen LogP contribution is -2.12. The van der Waals surface area contributed by atoms with E-state index in [1.807, 2.05) is 57.1 Å². The van der Waals surface area contributed by atoms with Crippen LogP contribution in [0.1, 0.15) is 17.0 Å². The molecule has 118 valence electrons. The maximum Gasteiger partial charge on any atom is 0.223 e. The zero-order valence-corrected chi connectivity index (χ0v) is 14.0. The fraction of sp³-hybridized carbons (Fsp3) is 0.278. The van der Waals surface area contributed by atoms with Crippen LogP contribution in [0, 0.1) is 13.8 Å². The van der Waals surface area contributed by atoms with Crippen molar-refractivity contribution < 1.29 is 0 Å². The first-order chi connectivity index (χ1) is 11.0. The van der Waals surface area contributed by atoms with Crippen molar-refractivity contribution in [1.29, 1.82) is 0 Å². The highest BCUT2D eigenvalue weighted by Crippen LogP contribution is 2.22. The number of anilines is 2. The van der Waals surface area contributed by atoms with E-state index in [-0.39, 0.29) is 0 Å². The van der Waals surface area contributed by atoms with Gasteiger partial charge in [-0.05, 0) is 37.6 Å². The maximum atomic E-state index is 4.69. The molecule has 3 aromatic rings. The minimum Gasteiger partial charge on any atom is -0.363 e. The summed E-state index contributed by atoms with van der Waals surface area (Å²) in [6.45, 7) is 4.62. The zero-order valence-electron chi connectivity index (χ0n) is 14.0. The molecule has 0 aliphatic carbocycles. The van der Waals surface area contributed by atoms with E-state index in [1.54, 1.807) is 0 Å². The van der Waals surface area contributed by atoms with Gasteiger partial charge in [-0.15, -0.1) is 0 Å². The topological polar surface area (TPSA) is 53.9 Å². The second kappa shape index (κ2) is 6.20. The van der Waals surface area contributed by atoms with Gasteiger partial charge in [-0.1, -0.05) is 18.2 Å². The van der Waals surface area contributed by atoms with Gasteiger partial charge < -0.3 is 10.2 Å². The van der Waals surface area contributed by atoms with Gasteiger partial charge in [0.25, 0.3) is 0 Å². The van der Waals surface area contributed by atoms with Crippen LogP contribution in [-0.4, -0.2) is 29.0 Å². The highest BCUT2D eigenvalue weighted by Gasteiger charge is 2.08. The minimum absolute atomic E-state index is 0.659. The molecular weight excluding hydrogens is 286 g/mol. The third-order valence-corrected chi connectivity index (χ3v) is 3.67. The number of nitrogens with one attached hydrogen (secondary N) is 1. The molecule has 5 heteroatoms. The predicted octanol–water partition coefficient (Wildman–Crippen LogP) is 3.32. The van der Waals surface area contributed by atoms with Crippen LogP contribution in [0.5, 0.6) is 0 Å². The van der Waals surface area contributed by atoms with Crippen molar-refractivity contribution in [3.05, 3.63) is 53.3 Å². The van der Waals surface area contributed by atoms with E-state index >= 15 is 0 Å². The molecule has 0 bridgehead atoms. The van der Waals surface area contributed by atoms with Crippen molar-refractivity contribution in [2.24, 2.45) is 0 Å². The Hall–Kier alpha value is -2.69. The molecule has 3 rings (SSSR count). The van der Waals surface area contributed by atoms with Crippen LogP contribution < -0.4 is 10.2 Å². The molecule has 0 saturated heterocycles. The van der Waals surface area contributed by atoms with Gasteiger partial charge >= 0.3 is 0 Å². The maximum absolute atomic E-state index is 4.69. The molecule has 2 aromatic heterocycles. The van der Waals surface area contributed by atoms with Gasteiger partial charge in [0, 0.05) is 37.4 Å². The van der Waals surface area contributed by atoms with Gasteiger partial charge in [-0.25, -0.2) is 15.0 Å². The lowest BCUT2D eigenvalue weighted by atomic mass is 10.1. The quantitative estimate of drug-likeness (QED) is 0.801. The third-order valence-electron chi connectivity index (χ3n) is 3.67. The Morgan fingerprint density at radius 3 is 2.35 bits per heavy atom. The van der Waals surface area contributed by atoms with Gasteiger partial charge in [-0.3, -0.25) is 0 Å². The van der Waals surface area contributed by atoms with E-state index in [2.05, 4.69) is 32.4 Å². The molecule has 0 unspecified atom stereocenters. The van der Waals surface area contributed by atoms with Gasteiger partial charge in [-0.2, -0.15) is 0 Å². The van der Waals surface area contributed by atoms with Crippen molar-refractivity contribution in [2.45, 2.75) is 20.4 Å². The van der Waals surface area contributed by atoms with Gasteiger partial charge in [0.15, 0.2) is 0 Å². The number of aryl methyl sites for hydroxylation is 2. The van der Waals surface area contributed by atoms with Gasteiger partial charge in [0.1, 0.15) is 5.82 Å². The Morgan fingerprint density at radius 1 is 0.957 bits per heavy atom. The van der Waals surface area contributed by atoms with Crippen molar-refractivity contribution in [3.63, 3.8) is 0 Å². The molecule has 0 fully saturated rings. The Balaban J connectivity index is 1.95. The van der Waals surface area contributed by atoms with Crippen LogP contribution in [0.3, 0.4) is 0 Å². The summed E-state index contributed by atoms with van der Waals surface area (Å²) in [4.78, 5) is 15.6. The number of nitrogens with zero attached hydrogens (tertiary/aromatic N) is 4. The van der Waals surface area contributed by atoms with Crippen LogP contribution in [0.25, 0.3) is 10.9 Å². The number of hydrogen-bond acceptors (Lipinski definition) is 5. The number of fused-ring (bicyclic) bond motifs is 1. The van der Waals surface area contributed by atoms with Crippen molar-refractivity contribution >= 4 is 22.7 Å². The second-order valence-electron chi connectivity index (χ2n) is 5.88. The normalized spacial score (nSPS) is 10.8. The summed E-state index contributed by atoms with van der Waals surface area (Å²) in [5.41, 5.74) is 4.11. The number of para-hydroxylation sites is 1. The Labute approximate surface area is 136 Å². The molecule has 0 amide bonds. The van der Waals surface area contributed by atoms with E-state index in [4.69, 9.17) is 0 Å². The van der Waals surface area contributed by atoms with Crippen molar-refractivity contribution in [1.82, 2.24) is 15.0 Å². The molecule has 1 aromatic carbocycles. The number of benzene rings is 1. The molecule has 23 heavy (non-hydrogen) atoms. The van der Waals surface area contributed by atoms with Crippen LogP contribution >= 0.6 is 0 Å². The summed E-state index contributed by atoms with van der Waals surface area (Å²) in [7, 11) is 4.00. The molecule has 5 nitrogen and oxygen atoms in total. The molecule has 0 aliphatic rings. The van der Waals surface area contributed by atoms with E-state index in [9.17, 15) is 0 Å². The third kappa shape index (κ3) is 3.39. The molecular formula is C18H21N5. The van der Waals surface area contributed by atoms with E-state index < -0.39 is 0 Å². The lowest BCUT2D eigenvalue weighted by molar-refractivity contribution is 1.00. The highest BCUT2D eigenvalue weighted by atomic mass is 15.1. The van der Waals surface area contributed by atoms with E-state index in [0.717, 1.165) is 28.1 Å². The Kier molecular flexibility index (Phi) is 4.10. The molecule has 0 radical (unpaired) electrons. The number of pyridine rings is 1.